The highest BCUT2D eigenvalue weighted by atomic mass is 16.4. The van der Waals surface area contributed by atoms with E-state index < -0.39 is 17.5 Å². The predicted molar refractivity (Wildman–Crippen MR) is 202 cm³/mol. The van der Waals surface area contributed by atoms with Gasteiger partial charge in [0.05, 0.1) is 0 Å². The number of carbonyl (C=O) groups excluding carboxylic acids is 2. The monoisotopic (exact) mass is 685 g/mol. The summed E-state index contributed by atoms with van der Waals surface area (Å²) in [5.74, 6) is -1.79. The Labute approximate surface area is 296 Å². The molecule has 48 heavy (non-hydrogen) atoms. The van der Waals surface area contributed by atoms with Crippen LogP contribution in [0.2, 0.25) is 0 Å². The summed E-state index contributed by atoms with van der Waals surface area (Å²) in [7, 11) is 0. The van der Waals surface area contributed by atoms with Crippen molar-refractivity contribution in [3.8, 4) is 0 Å². The summed E-state index contributed by atoms with van der Waals surface area (Å²) in [5.41, 5.74) is 10.6. The zero-order valence-corrected chi connectivity index (χ0v) is 32.1. The van der Waals surface area contributed by atoms with Gasteiger partial charge >= 0.3 is 11.9 Å². The smallest absolute Gasteiger partial charge is 0.303 e. The third-order valence-corrected chi connectivity index (χ3v) is 8.94. The maximum atomic E-state index is 12.7. The maximum absolute atomic E-state index is 12.7. The van der Waals surface area contributed by atoms with Crippen LogP contribution in [0, 0.1) is 0 Å². The number of rotatable bonds is 33. The van der Waals surface area contributed by atoms with Gasteiger partial charge in [0.25, 0.3) is 0 Å². The normalized spacial score (nSPS) is 10.9. The molecule has 0 radical (unpaired) electrons. The Kier molecular flexibility index (Phi) is 41.8. The van der Waals surface area contributed by atoms with Gasteiger partial charge in [0.1, 0.15) is 5.54 Å². The van der Waals surface area contributed by atoms with Gasteiger partial charge in [-0.1, -0.05) is 182 Å². The summed E-state index contributed by atoms with van der Waals surface area (Å²) in [5, 5.41) is 15.4. The third kappa shape index (κ3) is 37.0. The van der Waals surface area contributed by atoms with Crippen molar-refractivity contribution in [3.05, 3.63) is 0 Å². The summed E-state index contributed by atoms with van der Waals surface area (Å²) in [4.78, 5) is 44.2. The Morgan fingerprint density at radius 3 is 0.771 bits per heavy atom. The fourth-order valence-corrected chi connectivity index (χ4v) is 5.44. The summed E-state index contributed by atoms with van der Waals surface area (Å²) in [6.07, 6.45) is 34.3. The molecule has 0 aromatic heterocycles. The van der Waals surface area contributed by atoms with E-state index in [2.05, 4.69) is 13.8 Å². The van der Waals surface area contributed by atoms with E-state index in [0.29, 0.717) is 12.8 Å². The molecule has 0 rings (SSSR count). The molecular formula is C40H80N2O6. The molecular weight excluding hydrogens is 604 g/mol. The molecule has 0 aliphatic carbocycles. The van der Waals surface area contributed by atoms with Gasteiger partial charge in [-0.2, -0.15) is 0 Å². The molecule has 0 bridgehead atoms. The van der Waals surface area contributed by atoms with Gasteiger partial charge in [-0.15, -0.1) is 0 Å². The number of unbranched alkanes of at least 4 members (excludes halogenated alkanes) is 24. The molecule has 0 fully saturated rings. The van der Waals surface area contributed by atoms with Gasteiger partial charge in [0.15, 0.2) is 11.6 Å². The number of carbonyl (C=O) groups is 4. The Morgan fingerprint density at radius 1 is 0.417 bits per heavy atom. The number of aliphatic carboxylic acids is 2. The van der Waals surface area contributed by atoms with Gasteiger partial charge in [-0.05, 0) is 12.8 Å². The van der Waals surface area contributed by atoms with Gasteiger partial charge in [-0.25, -0.2) is 0 Å². The maximum Gasteiger partial charge on any atom is 0.303 e. The van der Waals surface area contributed by atoms with Crippen LogP contribution in [0.3, 0.4) is 0 Å². The standard InChI is InChI=1S/C34H68N2O2.2C3H6O2/c1-3-5-7-9-11-13-15-17-19-21-23-25-27-29-32(37)34(36,31-35)33(38)30-28-26-24-22-20-18-16-14-12-10-8-6-4-2;2*1-2-3(4)5/h3-31,35-36H2,1-2H3;2*2H2,1H3,(H,4,5). The van der Waals surface area contributed by atoms with Crippen molar-refractivity contribution in [1.82, 2.24) is 0 Å². The zero-order chi connectivity index (χ0) is 36.7. The number of hydrogen-bond acceptors (Lipinski definition) is 6. The molecule has 0 spiro atoms. The first-order chi connectivity index (χ1) is 23.1. The summed E-state index contributed by atoms with van der Waals surface area (Å²) in [6, 6.07) is 0. The molecule has 0 heterocycles. The molecule has 0 atom stereocenters. The second-order valence-electron chi connectivity index (χ2n) is 13.5. The summed E-state index contributed by atoms with van der Waals surface area (Å²) in [6.45, 7) is 7.66. The van der Waals surface area contributed by atoms with Gasteiger partial charge in [-0.3, -0.25) is 19.2 Å². The Morgan fingerprint density at radius 2 is 0.604 bits per heavy atom. The first-order valence-electron chi connectivity index (χ1n) is 20.1. The van der Waals surface area contributed by atoms with Gasteiger partial charge in [0, 0.05) is 32.2 Å². The number of Topliss-reactive ketones (excluding diaryl/α,β-unsaturated/α-hetero) is 2. The topological polar surface area (TPSA) is 161 Å². The molecule has 0 saturated heterocycles. The summed E-state index contributed by atoms with van der Waals surface area (Å²) >= 11 is 0. The van der Waals surface area contributed by atoms with Crippen molar-refractivity contribution in [3.63, 3.8) is 0 Å². The molecule has 6 N–H and O–H groups in total. The first kappa shape index (κ1) is 50.6. The quantitative estimate of drug-likeness (QED) is 0.0392. The van der Waals surface area contributed by atoms with E-state index in [-0.39, 0.29) is 31.0 Å². The summed E-state index contributed by atoms with van der Waals surface area (Å²) < 4.78 is 0. The lowest BCUT2D eigenvalue weighted by Crippen LogP contribution is -2.60. The van der Waals surface area contributed by atoms with Crippen molar-refractivity contribution in [2.45, 2.75) is 226 Å². The minimum atomic E-state index is -1.46. The van der Waals surface area contributed by atoms with Crippen molar-refractivity contribution in [2.75, 3.05) is 6.54 Å². The lowest BCUT2D eigenvalue weighted by atomic mass is 9.84. The third-order valence-electron chi connectivity index (χ3n) is 8.94. The first-order valence-corrected chi connectivity index (χ1v) is 20.1. The SMILES string of the molecule is CCC(=O)O.CCC(=O)O.CCCCCCCCCCCCCCCC(=O)C(N)(CN)C(=O)CCCCCCCCCCCCCCC. The number of carboxylic acids is 2. The van der Waals surface area contributed by atoms with Gasteiger partial charge < -0.3 is 21.7 Å². The number of hydrogen-bond donors (Lipinski definition) is 4. The van der Waals surface area contributed by atoms with E-state index >= 15 is 0 Å². The molecule has 0 aliphatic heterocycles. The zero-order valence-electron chi connectivity index (χ0n) is 32.1. The fraction of sp³-hybridized carbons (Fsp3) is 0.900. The van der Waals surface area contributed by atoms with Crippen LogP contribution in [-0.2, 0) is 19.2 Å². The highest BCUT2D eigenvalue weighted by Crippen LogP contribution is 2.18. The Bertz CT molecular complexity index is 687. The van der Waals surface area contributed by atoms with Crippen molar-refractivity contribution in [2.24, 2.45) is 11.5 Å². The van der Waals surface area contributed by atoms with Gasteiger partial charge in [0.2, 0.25) is 0 Å². The molecule has 8 nitrogen and oxygen atoms in total. The van der Waals surface area contributed by atoms with Crippen molar-refractivity contribution < 1.29 is 29.4 Å². The van der Waals surface area contributed by atoms with E-state index in [1.165, 1.54) is 128 Å². The van der Waals surface area contributed by atoms with E-state index in [9.17, 15) is 19.2 Å². The van der Waals surface area contributed by atoms with E-state index in [4.69, 9.17) is 21.7 Å². The van der Waals surface area contributed by atoms with E-state index in [1.807, 2.05) is 0 Å². The van der Waals surface area contributed by atoms with Crippen LogP contribution in [0.1, 0.15) is 220 Å². The average Bonchev–Trinajstić information content (AvgIpc) is 3.08. The van der Waals surface area contributed by atoms with E-state index in [1.54, 1.807) is 13.8 Å². The molecule has 0 aliphatic rings. The van der Waals surface area contributed by atoms with Crippen LogP contribution in [-0.4, -0.2) is 45.8 Å². The molecule has 0 saturated carbocycles. The van der Waals surface area contributed by atoms with Crippen molar-refractivity contribution in [1.29, 1.82) is 0 Å². The average molecular weight is 685 g/mol. The van der Waals surface area contributed by atoms with Crippen LogP contribution < -0.4 is 11.5 Å². The molecule has 8 heteroatoms. The molecule has 0 aromatic carbocycles. The second kappa shape index (κ2) is 39.6. The lowest BCUT2D eigenvalue weighted by molar-refractivity contribution is -0.137. The molecule has 286 valence electrons. The van der Waals surface area contributed by atoms with Crippen LogP contribution in [0.15, 0.2) is 0 Å². The highest BCUT2D eigenvalue weighted by molar-refractivity contribution is 6.11. The number of carboxylic acid groups (broad SMARTS) is 2. The lowest BCUT2D eigenvalue weighted by Gasteiger charge is -2.25. The molecule has 0 amide bonds. The highest BCUT2D eigenvalue weighted by Gasteiger charge is 2.38. The minimum absolute atomic E-state index is 0.0679. The van der Waals surface area contributed by atoms with Crippen LogP contribution >= 0.6 is 0 Å². The number of nitrogens with two attached hydrogens (primary N) is 2. The second-order valence-corrected chi connectivity index (χ2v) is 13.5. The molecule has 0 unspecified atom stereocenters. The van der Waals surface area contributed by atoms with Crippen LogP contribution in [0.5, 0.6) is 0 Å². The Balaban J connectivity index is -0.00000175. The Hall–Kier alpha value is -1.80. The van der Waals surface area contributed by atoms with Crippen molar-refractivity contribution >= 4 is 23.5 Å². The largest absolute Gasteiger partial charge is 0.481 e. The van der Waals surface area contributed by atoms with E-state index in [0.717, 1.165) is 38.5 Å². The fourth-order valence-electron chi connectivity index (χ4n) is 5.44. The molecule has 0 aromatic rings. The minimum Gasteiger partial charge on any atom is -0.481 e. The predicted octanol–water partition coefficient (Wildman–Crippen LogP) is 10.7. The van der Waals surface area contributed by atoms with Crippen LogP contribution in [0.25, 0.3) is 0 Å². The number of ketones is 2. The van der Waals surface area contributed by atoms with Crippen LogP contribution in [0.4, 0.5) is 0 Å².